The average molecular weight is 335 g/mol. The van der Waals surface area contributed by atoms with Gasteiger partial charge in [-0.1, -0.05) is 18.2 Å². The molecule has 0 bridgehead atoms. The molecule has 3 heterocycles. The summed E-state index contributed by atoms with van der Waals surface area (Å²) in [6.07, 6.45) is 4.35. The van der Waals surface area contributed by atoms with E-state index < -0.39 is 0 Å². The van der Waals surface area contributed by atoms with Crippen LogP contribution < -0.4 is 5.73 Å². The predicted octanol–water partition coefficient (Wildman–Crippen LogP) is 1.82. The number of hydrogen-bond acceptors (Lipinski definition) is 6. The van der Waals surface area contributed by atoms with Crippen molar-refractivity contribution in [3.63, 3.8) is 0 Å². The summed E-state index contributed by atoms with van der Waals surface area (Å²) in [6, 6.07) is 9.59. The molecule has 1 aliphatic rings. The number of hydrogen-bond donors (Lipinski definition) is 1. The van der Waals surface area contributed by atoms with Crippen LogP contribution in [0.3, 0.4) is 0 Å². The number of carbonyl (C=O) groups excluding carboxylic acids is 1. The van der Waals surface area contributed by atoms with Crippen LogP contribution >= 0.6 is 0 Å². The molecule has 1 fully saturated rings. The van der Waals surface area contributed by atoms with Crippen molar-refractivity contribution in [3.05, 3.63) is 60.2 Å². The Hall–Kier alpha value is -3.06. The van der Waals surface area contributed by atoms with Crippen LogP contribution in [0, 0.1) is 0 Å². The van der Waals surface area contributed by atoms with Crippen molar-refractivity contribution in [2.75, 3.05) is 25.4 Å². The lowest BCUT2D eigenvalue weighted by atomic mass is 10.1. The van der Waals surface area contributed by atoms with E-state index in [1.807, 2.05) is 30.3 Å². The van der Waals surface area contributed by atoms with Crippen LogP contribution in [0.2, 0.25) is 0 Å². The molecule has 4 rings (SSSR count). The van der Waals surface area contributed by atoms with Gasteiger partial charge in [-0.25, -0.2) is 4.98 Å². The number of nitrogen functional groups attached to an aromatic ring is 1. The normalized spacial score (nSPS) is 17.6. The fraction of sp³-hybridized carbons (Fsp3) is 0.222. The minimum Gasteiger partial charge on any atom is -0.382 e. The summed E-state index contributed by atoms with van der Waals surface area (Å²) >= 11 is 0. The van der Waals surface area contributed by atoms with Crippen LogP contribution in [-0.4, -0.2) is 45.5 Å². The lowest BCUT2D eigenvalue weighted by molar-refractivity contribution is -0.0245. The Balaban J connectivity index is 1.58. The molecule has 0 spiro atoms. The number of rotatable bonds is 2. The second-order valence-electron chi connectivity index (χ2n) is 5.85. The molecule has 1 saturated heterocycles. The third-order valence-corrected chi connectivity index (χ3v) is 4.25. The van der Waals surface area contributed by atoms with E-state index in [9.17, 15) is 4.79 Å². The second kappa shape index (κ2) is 6.45. The number of fused-ring (bicyclic) bond motifs is 1. The largest absolute Gasteiger partial charge is 0.382 e. The number of ether oxygens (including phenoxy) is 1. The topological polar surface area (TPSA) is 94.2 Å². The smallest absolute Gasteiger partial charge is 0.255 e. The summed E-state index contributed by atoms with van der Waals surface area (Å²) in [6.45, 7) is 1.32. The number of morpholine rings is 1. The third kappa shape index (κ3) is 3.01. The zero-order valence-corrected chi connectivity index (χ0v) is 13.5. The fourth-order valence-corrected chi connectivity index (χ4v) is 2.98. The van der Waals surface area contributed by atoms with Crippen LogP contribution in [0.25, 0.3) is 10.9 Å². The number of nitrogens with two attached hydrogens (primary N) is 1. The molecule has 2 aromatic heterocycles. The van der Waals surface area contributed by atoms with E-state index in [1.165, 1.54) is 6.20 Å². The number of aromatic nitrogens is 3. The van der Waals surface area contributed by atoms with E-state index in [4.69, 9.17) is 10.5 Å². The van der Waals surface area contributed by atoms with Gasteiger partial charge in [-0.3, -0.25) is 14.8 Å². The first-order valence-corrected chi connectivity index (χ1v) is 8.04. The second-order valence-corrected chi connectivity index (χ2v) is 5.85. The molecule has 25 heavy (non-hydrogen) atoms. The maximum atomic E-state index is 12.9. The van der Waals surface area contributed by atoms with Crippen molar-refractivity contribution < 1.29 is 9.53 Å². The fourth-order valence-electron chi connectivity index (χ4n) is 2.98. The Bertz CT molecular complexity index is 930. The summed E-state index contributed by atoms with van der Waals surface area (Å²) in [4.78, 5) is 27.3. The van der Waals surface area contributed by atoms with E-state index in [0.29, 0.717) is 36.8 Å². The molecule has 1 aromatic carbocycles. The molecule has 0 radical (unpaired) electrons. The molecule has 0 aliphatic carbocycles. The van der Waals surface area contributed by atoms with E-state index in [2.05, 4.69) is 15.0 Å². The number of anilines is 1. The van der Waals surface area contributed by atoms with Gasteiger partial charge < -0.3 is 15.4 Å². The highest BCUT2D eigenvalue weighted by Crippen LogP contribution is 2.25. The lowest BCUT2D eigenvalue weighted by Gasteiger charge is -2.32. The summed E-state index contributed by atoms with van der Waals surface area (Å²) in [5.74, 6) is 0.253. The maximum absolute atomic E-state index is 12.9. The standard InChI is InChI=1S/C18H17N5O2/c19-17-16(20-5-6-21-17)15-11-23(7-8-25-15)18(24)13-9-12-3-1-2-4-14(12)22-10-13/h1-6,9-10,15H,7-8,11H2,(H2,19,21)/t15-/m0/s1. The minimum absolute atomic E-state index is 0.0750. The van der Waals surface area contributed by atoms with Gasteiger partial charge in [0.25, 0.3) is 5.91 Å². The highest BCUT2D eigenvalue weighted by Gasteiger charge is 2.28. The van der Waals surface area contributed by atoms with Gasteiger partial charge in [0, 0.05) is 30.5 Å². The molecule has 7 nitrogen and oxygen atoms in total. The summed E-state index contributed by atoms with van der Waals surface area (Å²) < 4.78 is 5.74. The van der Waals surface area contributed by atoms with Crippen molar-refractivity contribution in [1.29, 1.82) is 0 Å². The summed E-state index contributed by atoms with van der Waals surface area (Å²) in [5, 5.41) is 0.941. The Kier molecular flexibility index (Phi) is 3.99. The summed E-state index contributed by atoms with van der Waals surface area (Å²) in [7, 11) is 0. The van der Waals surface area contributed by atoms with E-state index in [0.717, 1.165) is 10.9 Å². The first kappa shape index (κ1) is 15.5. The van der Waals surface area contributed by atoms with Gasteiger partial charge in [0.05, 0.1) is 24.2 Å². The van der Waals surface area contributed by atoms with Gasteiger partial charge in [-0.15, -0.1) is 0 Å². The first-order chi connectivity index (χ1) is 12.2. The molecule has 1 atom stereocenters. The van der Waals surface area contributed by atoms with E-state index >= 15 is 0 Å². The number of nitrogens with zero attached hydrogens (tertiary/aromatic N) is 4. The third-order valence-electron chi connectivity index (χ3n) is 4.25. The van der Waals surface area contributed by atoms with Crippen molar-refractivity contribution in [3.8, 4) is 0 Å². The maximum Gasteiger partial charge on any atom is 0.255 e. The van der Waals surface area contributed by atoms with Crippen LogP contribution in [-0.2, 0) is 4.74 Å². The monoisotopic (exact) mass is 335 g/mol. The first-order valence-electron chi connectivity index (χ1n) is 8.04. The molecule has 1 aliphatic heterocycles. The molecule has 1 amide bonds. The molecule has 0 saturated carbocycles. The molecular weight excluding hydrogens is 318 g/mol. The van der Waals surface area contributed by atoms with Crippen LogP contribution in [0.15, 0.2) is 48.9 Å². The van der Waals surface area contributed by atoms with Crippen molar-refractivity contribution >= 4 is 22.6 Å². The predicted molar refractivity (Wildman–Crippen MR) is 92.8 cm³/mol. The number of carbonyl (C=O) groups is 1. The molecule has 2 N–H and O–H groups in total. The quantitative estimate of drug-likeness (QED) is 0.768. The van der Waals surface area contributed by atoms with Crippen molar-refractivity contribution in [2.45, 2.75) is 6.10 Å². The Labute approximate surface area is 144 Å². The Morgan fingerprint density at radius 1 is 1.20 bits per heavy atom. The SMILES string of the molecule is Nc1nccnc1[C@@H]1CN(C(=O)c2cnc3ccccc3c2)CCO1. The molecule has 0 unspecified atom stereocenters. The number of benzene rings is 1. The zero-order chi connectivity index (χ0) is 17.2. The van der Waals surface area contributed by atoms with Crippen molar-refractivity contribution in [2.24, 2.45) is 0 Å². The zero-order valence-electron chi connectivity index (χ0n) is 13.5. The van der Waals surface area contributed by atoms with Crippen LogP contribution in [0.5, 0.6) is 0 Å². The molecule has 3 aromatic rings. The Morgan fingerprint density at radius 3 is 2.92 bits per heavy atom. The van der Waals surface area contributed by atoms with Gasteiger partial charge in [-0.2, -0.15) is 0 Å². The number of para-hydroxylation sites is 1. The van der Waals surface area contributed by atoms with Gasteiger partial charge in [-0.05, 0) is 12.1 Å². The Morgan fingerprint density at radius 2 is 2.04 bits per heavy atom. The lowest BCUT2D eigenvalue weighted by Crippen LogP contribution is -2.42. The van der Waals surface area contributed by atoms with Crippen LogP contribution in [0.1, 0.15) is 22.2 Å². The van der Waals surface area contributed by atoms with Gasteiger partial charge in [0.2, 0.25) is 0 Å². The molecule has 7 heteroatoms. The summed E-state index contributed by atoms with van der Waals surface area (Å²) in [5.41, 5.74) is 7.87. The highest BCUT2D eigenvalue weighted by atomic mass is 16.5. The van der Waals surface area contributed by atoms with Crippen molar-refractivity contribution in [1.82, 2.24) is 19.9 Å². The van der Waals surface area contributed by atoms with Crippen LogP contribution in [0.4, 0.5) is 5.82 Å². The minimum atomic E-state index is -0.375. The van der Waals surface area contributed by atoms with Gasteiger partial charge >= 0.3 is 0 Å². The van der Waals surface area contributed by atoms with Gasteiger partial charge in [0.15, 0.2) is 0 Å². The van der Waals surface area contributed by atoms with E-state index in [1.54, 1.807) is 17.3 Å². The molecular formula is C18H17N5O2. The molecule has 126 valence electrons. The number of amides is 1. The van der Waals surface area contributed by atoms with E-state index in [-0.39, 0.29) is 12.0 Å². The average Bonchev–Trinajstić information content (AvgIpc) is 2.67. The van der Waals surface area contributed by atoms with Gasteiger partial charge in [0.1, 0.15) is 17.6 Å². The highest BCUT2D eigenvalue weighted by molar-refractivity contribution is 5.97. The number of pyridine rings is 1.